The van der Waals surface area contributed by atoms with Gasteiger partial charge in [0.05, 0.1) is 37.0 Å². The van der Waals surface area contributed by atoms with Crippen LogP contribution in [0.15, 0.2) is 64.6 Å². The van der Waals surface area contributed by atoms with Crippen molar-refractivity contribution < 1.29 is 14.6 Å². The average molecular weight is 547 g/mol. The molecule has 0 saturated heterocycles. The van der Waals surface area contributed by atoms with Crippen LogP contribution in [0.4, 0.5) is 0 Å². The van der Waals surface area contributed by atoms with E-state index in [0.717, 1.165) is 71.1 Å². The Bertz CT molecular complexity index is 1860. The summed E-state index contributed by atoms with van der Waals surface area (Å²) in [6.07, 6.45) is 3.18. The van der Waals surface area contributed by atoms with Crippen molar-refractivity contribution in [3.63, 3.8) is 0 Å². The van der Waals surface area contributed by atoms with Crippen LogP contribution in [0, 0.1) is 6.92 Å². The van der Waals surface area contributed by atoms with Crippen LogP contribution >= 0.6 is 0 Å². The number of phenols is 1. The maximum Gasteiger partial charge on any atom is 0.122 e. The molecular weight excluding hydrogens is 512 g/mol. The molecule has 2 aliphatic heterocycles. The number of nitrogens with zero attached hydrogens (tertiary/aromatic N) is 2. The van der Waals surface area contributed by atoms with Crippen molar-refractivity contribution in [1.82, 2.24) is 9.97 Å². The van der Waals surface area contributed by atoms with Crippen LogP contribution in [0.2, 0.25) is 0 Å². The van der Waals surface area contributed by atoms with Crippen LogP contribution in [0.1, 0.15) is 52.4 Å². The minimum atomic E-state index is -0.0376. The summed E-state index contributed by atoms with van der Waals surface area (Å²) in [6, 6.07) is 18.4. The van der Waals surface area contributed by atoms with Gasteiger partial charge in [-0.2, -0.15) is 0 Å². The van der Waals surface area contributed by atoms with Gasteiger partial charge in [0.25, 0.3) is 0 Å². The Balaban J connectivity index is 1.28. The molecule has 5 aromatic rings. The molecule has 208 valence electrons. The molecule has 7 heteroatoms. The Morgan fingerprint density at radius 1 is 0.756 bits per heavy atom. The number of hydrogen-bond acceptors (Lipinski definition) is 5. The number of phenolic OH excluding ortho intramolecular Hbond substituents is 1. The molecule has 0 aliphatic carbocycles. The first-order valence-corrected chi connectivity index (χ1v) is 14.3. The lowest BCUT2D eigenvalue weighted by molar-refractivity contribution is 0.405. The number of H-pyrrole nitrogens is 2. The van der Waals surface area contributed by atoms with Crippen LogP contribution in [0.5, 0.6) is 17.2 Å². The van der Waals surface area contributed by atoms with Crippen molar-refractivity contribution in [2.45, 2.75) is 38.5 Å². The predicted molar refractivity (Wildman–Crippen MR) is 165 cm³/mol. The zero-order chi connectivity index (χ0) is 28.1. The number of aromatic hydroxyl groups is 1. The van der Waals surface area contributed by atoms with Gasteiger partial charge in [-0.25, -0.2) is 0 Å². The first-order valence-electron chi connectivity index (χ1n) is 14.3. The third-order valence-electron chi connectivity index (χ3n) is 8.64. The highest BCUT2D eigenvalue weighted by atomic mass is 16.5. The van der Waals surface area contributed by atoms with Gasteiger partial charge in [-0.15, -0.1) is 0 Å². The standard InChI is InChI=1S/C34H34N4O3/c1-19-4-7-24-26-10-12-35-30(33(26)37-28(24)14-19)15-20(23-8-5-22(41-3)18-32(23)39)16-31-34-27(11-13-36-31)25-9-6-21(40-2)17-29(25)38-34/h4-9,14,17-18,20,37-39H,10-13,15-16H2,1-3H3. The Labute approximate surface area is 239 Å². The van der Waals surface area contributed by atoms with E-state index in [1.54, 1.807) is 20.3 Å². The molecule has 2 aromatic heterocycles. The summed E-state index contributed by atoms with van der Waals surface area (Å²) in [6.45, 7) is 3.63. The van der Waals surface area contributed by atoms with E-state index in [0.29, 0.717) is 18.6 Å². The minimum Gasteiger partial charge on any atom is -0.508 e. The molecule has 0 bridgehead atoms. The largest absolute Gasteiger partial charge is 0.508 e. The molecule has 0 spiro atoms. The number of aliphatic imine (C=N–C) groups is 2. The van der Waals surface area contributed by atoms with Gasteiger partial charge in [-0.3, -0.25) is 9.98 Å². The number of methoxy groups -OCH3 is 2. The number of aryl methyl sites for hydroxylation is 1. The lowest BCUT2D eigenvalue weighted by Gasteiger charge is -2.24. The van der Waals surface area contributed by atoms with Gasteiger partial charge in [-0.1, -0.05) is 18.2 Å². The maximum absolute atomic E-state index is 11.2. The van der Waals surface area contributed by atoms with Crippen LogP contribution in [0.25, 0.3) is 21.8 Å². The van der Waals surface area contributed by atoms with Crippen LogP contribution in [-0.2, 0) is 12.8 Å². The summed E-state index contributed by atoms with van der Waals surface area (Å²) in [7, 11) is 3.31. The molecule has 1 atom stereocenters. The highest BCUT2D eigenvalue weighted by Crippen LogP contribution is 2.39. The first kappa shape index (κ1) is 25.4. The second-order valence-corrected chi connectivity index (χ2v) is 11.1. The third kappa shape index (κ3) is 4.46. The van der Waals surface area contributed by atoms with E-state index >= 15 is 0 Å². The molecule has 0 amide bonds. The molecule has 0 fully saturated rings. The molecule has 0 radical (unpaired) electrons. The van der Waals surface area contributed by atoms with Gasteiger partial charge in [0, 0.05) is 47.0 Å². The normalized spacial score (nSPS) is 15.3. The van der Waals surface area contributed by atoms with Crippen molar-refractivity contribution in [2.75, 3.05) is 27.3 Å². The highest BCUT2D eigenvalue weighted by Gasteiger charge is 2.28. The monoisotopic (exact) mass is 546 g/mol. The molecule has 7 nitrogen and oxygen atoms in total. The van der Waals surface area contributed by atoms with Gasteiger partial charge >= 0.3 is 0 Å². The van der Waals surface area contributed by atoms with Gasteiger partial charge in [-0.05, 0) is 85.0 Å². The predicted octanol–water partition coefficient (Wildman–Crippen LogP) is 6.64. The Kier molecular flexibility index (Phi) is 6.30. The third-order valence-corrected chi connectivity index (χ3v) is 8.64. The number of nitrogens with one attached hydrogen (secondary N) is 2. The summed E-state index contributed by atoms with van der Waals surface area (Å²) in [4.78, 5) is 17.4. The molecule has 1 unspecified atom stereocenters. The van der Waals surface area contributed by atoms with Crippen molar-refractivity contribution >= 4 is 33.2 Å². The molecule has 41 heavy (non-hydrogen) atoms. The zero-order valence-corrected chi connectivity index (χ0v) is 23.7. The number of rotatable bonds is 7. The lowest BCUT2D eigenvalue weighted by atomic mass is 9.84. The fraction of sp³-hybridized carbons (Fsp3) is 0.294. The number of ether oxygens (including phenoxy) is 2. The van der Waals surface area contributed by atoms with Gasteiger partial charge in [0.1, 0.15) is 17.2 Å². The summed E-state index contributed by atoms with van der Waals surface area (Å²) in [5, 5.41) is 13.7. The van der Waals surface area contributed by atoms with E-state index < -0.39 is 0 Å². The Hall–Kier alpha value is -4.52. The highest BCUT2D eigenvalue weighted by molar-refractivity contribution is 6.09. The lowest BCUT2D eigenvalue weighted by Crippen LogP contribution is -2.20. The van der Waals surface area contributed by atoms with Crippen molar-refractivity contribution in [3.8, 4) is 17.2 Å². The second kappa shape index (κ2) is 10.1. The first-order chi connectivity index (χ1) is 20.0. The molecule has 0 saturated carbocycles. The number of benzene rings is 3. The summed E-state index contributed by atoms with van der Waals surface area (Å²) >= 11 is 0. The van der Waals surface area contributed by atoms with E-state index in [2.05, 4.69) is 41.2 Å². The van der Waals surface area contributed by atoms with Crippen molar-refractivity contribution in [2.24, 2.45) is 9.98 Å². The van der Waals surface area contributed by atoms with Crippen LogP contribution in [-0.4, -0.2) is 53.8 Å². The van der Waals surface area contributed by atoms with Crippen LogP contribution < -0.4 is 9.47 Å². The molecule has 3 aromatic carbocycles. The van der Waals surface area contributed by atoms with Crippen molar-refractivity contribution in [3.05, 3.63) is 88.2 Å². The Morgan fingerprint density at radius 2 is 1.32 bits per heavy atom. The number of aromatic nitrogens is 2. The van der Waals surface area contributed by atoms with Gasteiger partial charge < -0.3 is 24.5 Å². The topological polar surface area (TPSA) is 95.0 Å². The second-order valence-electron chi connectivity index (χ2n) is 11.1. The van der Waals surface area contributed by atoms with Gasteiger partial charge in [0.15, 0.2) is 0 Å². The molecule has 7 rings (SSSR count). The van der Waals surface area contributed by atoms with Crippen LogP contribution in [0.3, 0.4) is 0 Å². The zero-order valence-electron chi connectivity index (χ0n) is 23.7. The van der Waals surface area contributed by atoms with E-state index in [9.17, 15) is 5.11 Å². The fourth-order valence-electron chi connectivity index (χ4n) is 6.59. The van der Waals surface area contributed by atoms with E-state index in [1.807, 2.05) is 24.3 Å². The van der Waals surface area contributed by atoms with Crippen molar-refractivity contribution in [1.29, 1.82) is 0 Å². The summed E-state index contributed by atoms with van der Waals surface area (Å²) in [5.41, 5.74) is 11.3. The molecule has 4 heterocycles. The number of aromatic amines is 2. The smallest absolute Gasteiger partial charge is 0.122 e. The Morgan fingerprint density at radius 3 is 1.93 bits per heavy atom. The quantitative estimate of drug-likeness (QED) is 0.214. The number of hydrogen-bond donors (Lipinski definition) is 3. The van der Waals surface area contributed by atoms with E-state index in [-0.39, 0.29) is 11.7 Å². The molecule has 3 N–H and O–H groups in total. The van der Waals surface area contributed by atoms with Gasteiger partial charge in [0.2, 0.25) is 0 Å². The average Bonchev–Trinajstić information content (AvgIpc) is 3.55. The number of fused-ring (bicyclic) bond motifs is 6. The summed E-state index contributed by atoms with van der Waals surface area (Å²) in [5.74, 6) is 1.66. The van der Waals surface area contributed by atoms with E-state index in [4.69, 9.17) is 19.5 Å². The maximum atomic E-state index is 11.2. The summed E-state index contributed by atoms with van der Waals surface area (Å²) < 4.78 is 10.9. The molecule has 2 aliphatic rings. The fourth-order valence-corrected chi connectivity index (χ4v) is 6.59. The minimum absolute atomic E-state index is 0.0376. The van der Waals surface area contributed by atoms with E-state index in [1.165, 1.54) is 27.5 Å². The molecular formula is C34H34N4O3. The SMILES string of the molecule is COc1ccc(C(CC2=NCCc3c2[nH]c2cc(C)ccc32)CC2=NCCc3c2[nH]c2cc(OC)ccc32)c(O)c1.